The quantitative estimate of drug-likeness (QED) is 0.753. The van der Waals surface area contributed by atoms with E-state index in [1.54, 1.807) is 0 Å². The van der Waals surface area contributed by atoms with Gasteiger partial charge in [0.1, 0.15) is 0 Å². The number of benzene rings is 1. The number of nitrogens with one attached hydrogen (secondary N) is 2. The van der Waals surface area contributed by atoms with Gasteiger partial charge in [-0.25, -0.2) is 4.79 Å². The second-order valence-corrected chi connectivity index (χ2v) is 6.60. The fourth-order valence-corrected chi connectivity index (χ4v) is 3.10. The van der Waals surface area contributed by atoms with Crippen molar-refractivity contribution in [2.24, 2.45) is 5.92 Å². The van der Waals surface area contributed by atoms with E-state index in [9.17, 15) is 9.90 Å². The topological polar surface area (TPSA) is 64.6 Å². The molecule has 1 aliphatic heterocycles. The Labute approximate surface area is 139 Å². The van der Waals surface area contributed by atoms with E-state index in [0.29, 0.717) is 18.5 Å². The molecule has 2 amide bonds. The molecular formula is C18H29N3O2. The maximum atomic E-state index is 12.1. The molecule has 0 saturated carbocycles. The van der Waals surface area contributed by atoms with Gasteiger partial charge >= 0.3 is 6.03 Å². The molecule has 128 valence electrons. The summed E-state index contributed by atoms with van der Waals surface area (Å²) in [6, 6.07) is 9.51. The summed E-state index contributed by atoms with van der Waals surface area (Å²) in [4.78, 5) is 14.6. The first-order chi connectivity index (χ1) is 11.1. The van der Waals surface area contributed by atoms with Crippen molar-refractivity contribution in [2.45, 2.75) is 38.8 Å². The van der Waals surface area contributed by atoms with E-state index < -0.39 is 0 Å². The van der Waals surface area contributed by atoms with Crippen LogP contribution in [0.4, 0.5) is 4.79 Å². The lowest BCUT2D eigenvalue weighted by atomic mass is 9.97. The number of piperidine rings is 1. The maximum Gasteiger partial charge on any atom is 0.315 e. The van der Waals surface area contributed by atoms with Crippen molar-refractivity contribution in [2.75, 3.05) is 26.2 Å². The Bertz CT molecular complexity index is 478. The fourth-order valence-electron chi connectivity index (χ4n) is 3.10. The number of urea groups is 1. The molecule has 1 fully saturated rings. The average molecular weight is 319 g/mol. The third kappa shape index (κ3) is 5.52. The van der Waals surface area contributed by atoms with Crippen LogP contribution in [0.15, 0.2) is 30.3 Å². The van der Waals surface area contributed by atoms with E-state index >= 15 is 0 Å². The van der Waals surface area contributed by atoms with Crippen LogP contribution >= 0.6 is 0 Å². The van der Waals surface area contributed by atoms with Gasteiger partial charge in [-0.3, -0.25) is 0 Å². The number of rotatable bonds is 6. The molecule has 0 aliphatic carbocycles. The number of aliphatic hydroxyl groups is 1. The van der Waals surface area contributed by atoms with Gasteiger partial charge in [0.2, 0.25) is 0 Å². The zero-order valence-electron chi connectivity index (χ0n) is 14.2. The first-order valence-electron chi connectivity index (χ1n) is 8.54. The molecule has 0 aromatic heterocycles. The Hall–Kier alpha value is -1.59. The molecule has 0 bridgehead atoms. The van der Waals surface area contributed by atoms with Crippen molar-refractivity contribution >= 4 is 6.03 Å². The number of aliphatic hydroxyl groups excluding tert-OH is 1. The van der Waals surface area contributed by atoms with Gasteiger partial charge in [-0.05, 0) is 44.7 Å². The SMILES string of the molecule is CC(C)N1CCCC(CNC(=O)NC(CO)c2ccccc2)C1. The van der Waals surface area contributed by atoms with E-state index in [-0.39, 0.29) is 18.7 Å². The van der Waals surface area contributed by atoms with Gasteiger partial charge in [-0.2, -0.15) is 0 Å². The zero-order valence-corrected chi connectivity index (χ0v) is 14.2. The van der Waals surface area contributed by atoms with Crippen molar-refractivity contribution in [1.82, 2.24) is 15.5 Å². The second-order valence-electron chi connectivity index (χ2n) is 6.60. The molecule has 2 rings (SSSR count). The van der Waals surface area contributed by atoms with Crippen molar-refractivity contribution in [3.8, 4) is 0 Å². The molecule has 2 atom stereocenters. The molecule has 3 N–H and O–H groups in total. The molecule has 23 heavy (non-hydrogen) atoms. The zero-order chi connectivity index (χ0) is 16.7. The van der Waals surface area contributed by atoms with Gasteiger partial charge in [0.05, 0.1) is 12.6 Å². The van der Waals surface area contributed by atoms with Crippen molar-refractivity contribution in [1.29, 1.82) is 0 Å². The fraction of sp³-hybridized carbons (Fsp3) is 0.611. The number of nitrogens with zero attached hydrogens (tertiary/aromatic N) is 1. The van der Waals surface area contributed by atoms with Crippen LogP contribution in [0.5, 0.6) is 0 Å². The first kappa shape index (κ1) is 17.8. The molecule has 1 aliphatic rings. The third-order valence-electron chi connectivity index (χ3n) is 4.52. The Morgan fingerprint density at radius 3 is 2.74 bits per heavy atom. The largest absolute Gasteiger partial charge is 0.394 e. The van der Waals surface area contributed by atoms with E-state index in [2.05, 4.69) is 29.4 Å². The Kier molecular flexibility index (Phi) is 6.86. The van der Waals surface area contributed by atoms with Gasteiger partial charge in [0.15, 0.2) is 0 Å². The number of hydrogen-bond acceptors (Lipinski definition) is 3. The monoisotopic (exact) mass is 319 g/mol. The summed E-state index contributed by atoms with van der Waals surface area (Å²) in [6.07, 6.45) is 2.35. The van der Waals surface area contributed by atoms with Crippen LogP contribution in [0.2, 0.25) is 0 Å². The van der Waals surface area contributed by atoms with E-state index in [1.807, 2.05) is 30.3 Å². The normalized spacial score (nSPS) is 20.3. The van der Waals surface area contributed by atoms with Crippen LogP contribution < -0.4 is 10.6 Å². The van der Waals surface area contributed by atoms with Crippen molar-refractivity contribution < 1.29 is 9.90 Å². The maximum absolute atomic E-state index is 12.1. The Balaban J connectivity index is 1.78. The molecule has 5 heteroatoms. The van der Waals surface area contributed by atoms with Gasteiger partial charge in [0.25, 0.3) is 0 Å². The predicted molar refractivity (Wildman–Crippen MR) is 92.2 cm³/mol. The lowest BCUT2D eigenvalue weighted by molar-refractivity contribution is 0.138. The number of amides is 2. The second kappa shape index (κ2) is 8.89. The first-order valence-corrected chi connectivity index (χ1v) is 8.54. The molecule has 1 aromatic rings. The van der Waals surface area contributed by atoms with Gasteiger partial charge in [0, 0.05) is 19.1 Å². The molecular weight excluding hydrogens is 290 g/mol. The summed E-state index contributed by atoms with van der Waals surface area (Å²) in [5.41, 5.74) is 0.911. The van der Waals surface area contributed by atoms with Gasteiger partial charge in [-0.1, -0.05) is 30.3 Å². The summed E-state index contributed by atoms with van der Waals surface area (Å²) in [5, 5.41) is 15.3. The molecule has 1 aromatic carbocycles. The van der Waals surface area contributed by atoms with Crippen LogP contribution in [0.3, 0.4) is 0 Å². The summed E-state index contributed by atoms with van der Waals surface area (Å²) in [7, 11) is 0. The minimum atomic E-state index is -0.366. The highest BCUT2D eigenvalue weighted by Crippen LogP contribution is 2.17. The minimum Gasteiger partial charge on any atom is -0.394 e. The van der Waals surface area contributed by atoms with Crippen LogP contribution in [-0.2, 0) is 0 Å². The Morgan fingerprint density at radius 2 is 2.09 bits per heavy atom. The van der Waals surface area contributed by atoms with Gasteiger partial charge < -0.3 is 20.6 Å². The minimum absolute atomic E-state index is 0.109. The number of likely N-dealkylation sites (tertiary alicyclic amines) is 1. The van der Waals surface area contributed by atoms with E-state index in [1.165, 1.54) is 6.42 Å². The van der Waals surface area contributed by atoms with Crippen molar-refractivity contribution in [3.05, 3.63) is 35.9 Å². The molecule has 2 unspecified atom stereocenters. The van der Waals surface area contributed by atoms with E-state index in [0.717, 1.165) is 25.1 Å². The lowest BCUT2D eigenvalue weighted by Crippen LogP contribution is -2.46. The number of hydrogen-bond donors (Lipinski definition) is 3. The number of carbonyl (C=O) groups excluding carboxylic acids is 1. The molecule has 0 spiro atoms. The predicted octanol–water partition coefficient (Wildman–Crippen LogP) is 2.14. The molecule has 1 saturated heterocycles. The van der Waals surface area contributed by atoms with Crippen LogP contribution in [0, 0.1) is 5.92 Å². The highest BCUT2D eigenvalue weighted by atomic mass is 16.3. The van der Waals surface area contributed by atoms with Crippen LogP contribution in [0.25, 0.3) is 0 Å². The smallest absolute Gasteiger partial charge is 0.315 e. The summed E-state index contributed by atoms with van der Waals surface area (Å²) >= 11 is 0. The highest BCUT2D eigenvalue weighted by Gasteiger charge is 2.22. The van der Waals surface area contributed by atoms with E-state index in [4.69, 9.17) is 0 Å². The third-order valence-corrected chi connectivity index (χ3v) is 4.52. The van der Waals surface area contributed by atoms with Gasteiger partial charge in [-0.15, -0.1) is 0 Å². The van der Waals surface area contributed by atoms with Crippen LogP contribution in [0.1, 0.15) is 38.3 Å². The highest BCUT2D eigenvalue weighted by molar-refractivity contribution is 5.74. The average Bonchev–Trinajstić information content (AvgIpc) is 2.59. The van der Waals surface area contributed by atoms with Crippen molar-refractivity contribution in [3.63, 3.8) is 0 Å². The molecule has 0 radical (unpaired) electrons. The Morgan fingerprint density at radius 1 is 1.35 bits per heavy atom. The molecule has 1 heterocycles. The molecule has 5 nitrogen and oxygen atoms in total. The summed E-state index contributed by atoms with van der Waals surface area (Å²) in [5.74, 6) is 0.501. The lowest BCUT2D eigenvalue weighted by Gasteiger charge is -2.35. The number of carbonyl (C=O) groups is 1. The summed E-state index contributed by atoms with van der Waals surface area (Å²) < 4.78 is 0. The standard InChI is InChI=1S/C18H29N3O2/c1-14(2)21-10-6-7-15(12-21)11-19-18(23)20-17(13-22)16-8-4-3-5-9-16/h3-5,8-9,14-15,17,22H,6-7,10-13H2,1-2H3,(H2,19,20,23). The van der Waals surface area contributed by atoms with Crippen LogP contribution in [-0.4, -0.2) is 48.3 Å². The summed E-state index contributed by atoms with van der Waals surface area (Å²) in [6.45, 7) is 7.20.